The molecule has 130 valence electrons. The minimum absolute atomic E-state index is 0.544. The van der Waals surface area contributed by atoms with Crippen LogP contribution in [0.1, 0.15) is 18.1 Å². The standard InChI is InChI=1S/C17H29N3O2S/c1-12-8-15(21-5)16(22-6)9-14(12)11-20(4)17(18-3)19-10-13(2)23-7/h8-9,13H,10-11H2,1-7H3,(H,18,19). The summed E-state index contributed by atoms with van der Waals surface area (Å²) in [5.74, 6) is 2.40. The lowest BCUT2D eigenvalue weighted by Gasteiger charge is -2.24. The molecular weight excluding hydrogens is 310 g/mol. The smallest absolute Gasteiger partial charge is 0.193 e. The van der Waals surface area contributed by atoms with Crippen LogP contribution in [0.25, 0.3) is 0 Å². The van der Waals surface area contributed by atoms with Crippen LogP contribution in [0.15, 0.2) is 17.1 Å². The predicted molar refractivity (Wildman–Crippen MR) is 100 cm³/mol. The number of hydrogen-bond donors (Lipinski definition) is 1. The third kappa shape index (κ3) is 5.53. The van der Waals surface area contributed by atoms with Gasteiger partial charge in [-0.2, -0.15) is 11.8 Å². The van der Waals surface area contributed by atoms with Gasteiger partial charge in [-0.25, -0.2) is 0 Å². The summed E-state index contributed by atoms with van der Waals surface area (Å²) in [5.41, 5.74) is 2.36. The second-order valence-electron chi connectivity index (χ2n) is 5.46. The molecule has 1 unspecified atom stereocenters. The monoisotopic (exact) mass is 339 g/mol. The highest BCUT2D eigenvalue weighted by atomic mass is 32.2. The van der Waals surface area contributed by atoms with Crippen LogP contribution in [0, 0.1) is 6.92 Å². The number of nitrogens with zero attached hydrogens (tertiary/aromatic N) is 2. The molecule has 1 rings (SSSR count). The summed E-state index contributed by atoms with van der Waals surface area (Å²) >= 11 is 1.84. The SMILES string of the molecule is CN=C(NCC(C)SC)N(C)Cc1cc(OC)c(OC)cc1C. The van der Waals surface area contributed by atoms with E-state index < -0.39 is 0 Å². The molecule has 0 amide bonds. The Balaban J connectivity index is 2.84. The van der Waals surface area contributed by atoms with Crippen LogP contribution in [-0.4, -0.2) is 57.2 Å². The predicted octanol–water partition coefficient (Wildman–Crippen LogP) is 2.77. The summed E-state index contributed by atoms with van der Waals surface area (Å²) in [4.78, 5) is 6.48. The average Bonchev–Trinajstić information content (AvgIpc) is 2.56. The van der Waals surface area contributed by atoms with Gasteiger partial charge in [-0.15, -0.1) is 0 Å². The third-order valence-corrected chi connectivity index (χ3v) is 4.74. The fraction of sp³-hybridized carbons (Fsp3) is 0.588. The average molecular weight is 340 g/mol. The minimum Gasteiger partial charge on any atom is -0.493 e. The molecule has 0 spiro atoms. The Hall–Kier alpha value is -1.56. The number of ether oxygens (including phenoxy) is 2. The first-order chi connectivity index (χ1) is 11.0. The number of nitrogens with one attached hydrogen (secondary N) is 1. The lowest BCUT2D eigenvalue weighted by molar-refractivity contribution is 0.353. The first-order valence-corrected chi connectivity index (χ1v) is 8.91. The van der Waals surface area contributed by atoms with Gasteiger partial charge in [0.05, 0.1) is 14.2 Å². The molecule has 0 bridgehead atoms. The van der Waals surface area contributed by atoms with Crippen LogP contribution in [0.3, 0.4) is 0 Å². The number of aryl methyl sites for hydroxylation is 1. The van der Waals surface area contributed by atoms with Crippen molar-refractivity contribution >= 4 is 17.7 Å². The number of benzene rings is 1. The molecule has 0 aliphatic rings. The van der Waals surface area contributed by atoms with E-state index in [9.17, 15) is 0 Å². The van der Waals surface area contributed by atoms with Gasteiger partial charge < -0.3 is 19.7 Å². The molecule has 0 aliphatic carbocycles. The summed E-state index contributed by atoms with van der Waals surface area (Å²) in [6.45, 7) is 5.92. The molecule has 6 heteroatoms. The van der Waals surface area contributed by atoms with Crippen molar-refractivity contribution in [2.45, 2.75) is 25.6 Å². The summed E-state index contributed by atoms with van der Waals surface area (Å²) < 4.78 is 10.7. The Labute approximate surface area is 144 Å². The molecule has 0 fully saturated rings. The lowest BCUT2D eigenvalue weighted by atomic mass is 10.1. The summed E-state index contributed by atoms with van der Waals surface area (Å²) in [7, 11) is 7.16. The molecule has 1 aromatic carbocycles. The number of rotatable bonds is 7. The van der Waals surface area contributed by atoms with E-state index in [1.807, 2.05) is 38.0 Å². The molecule has 1 atom stereocenters. The highest BCUT2D eigenvalue weighted by Crippen LogP contribution is 2.30. The molecule has 0 radical (unpaired) electrons. The van der Waals surface area contributed by atoms with Gasteiger partial charge in [0.1, 0.15) is 0 Å². The van der Waals surface area contributed by atoms with Gasteiger partial charge in [0, 0.05) is 32.4 Å². The Bertz CT molecular complexity index is 535. The van der Waals surface area contributed by atoms with Crippen molar-refractivity contribution in [3.8, 4) is 11.5 Å². The first kappa shape index (κ1) is 19.5. The normalized spacial score (nSPS) is 12.7. The van der Waals surface area contributed by atoms with Gasteiger partial charge in [0.25, 0.3) is 0 Å². The van der Waals surface area contributed by atoms with Crippen molar-refractivity contribution in [2.24, 2.45) is 4.99 Å². The zero-order chi connectivity index (χ0) is 17.4. The van der Waals surface area contributed by atoms with E-state index in [0.717, 1.165) is 30.5 Å². The molecule has 0 aliphatic heterocycles. The van der Waals surface area contributed by atoms with Crippen LogP contribution in [0.5, 0.6) is 11.5 Å². The zero-order valence-electron chi connectivity index (χ0n) is 15.3. The molecular formula is C17H29N3O2S. The van der Waals surface area contributed by atoms with E-state index in [1.165, 1.54) is 11.1 Å². The maximum atomic E-state index is 5.40. The van der Waals surface area contributed by atoms with Crippen molar-refractivity contribution in [2.75, 3.05) is 41.1 Å². The van der Waals surface area contributed by atoms with Gasteiger partial charge in [0.2, 0.25) is 0 Å². The second-order valence-corrected chi connectivity index (χ2v) is 6.74. The fourth-order valence-electron chi connectivity index (χ4n) is 2.23. The van der Waals surface area contributed by atoms with E-state index in [2.05, 4.69) is 35.3 Å². The van der Waals surface area contributed by atoms with E-state index in [4.69, 9.17) is 9.47 Å². The molecule has 0 heterocycles. The summed E-state index contributed by atoms with van der Waals surface area (Å²) in [6.07, 6.45) is 2.12. The van der Waals surface area contributed by atoms with Gasteiger partial charge in [-0.1, -0.05) is 6.92 Å². The molecule has 5 nitrogen and oxygen atoms in total. The topological polar surface area (TPSA) is 46.1 Å². The molecule has 1 N–H and O–H groups in total. The Morgan fingerprint density at radius 3 is 2.43 bits per heavy atom. The van der Waals surface area contributed by atoms with Crippen LogP contribution >= 0.6 is 11.8 Å². The van der Waals surface area contributed by atoms with E-state index >= 15 is 0 Å². The van der Waals surface area contributed by atoms with Gasteiger partial charge in [-0.3, -0.25) is 4.99 Å². The third-order valence-electron chi connectivity index (χ3n) is 3.77. The largest absolute Gasteiger partial charge is 0.493 e. The number of guanidine groups is 1. The van der Waals surface area contributed by atoms with Crippen LogP contribution in [0.2, 0.25) is 0 Å². The maximum Gasteiger partial charge on any atom is 0.193 e. The fourth-order valence-corrected chi connectivity index (χ4v) is 2.48. The van der Waals surface area contributed by atoms with Gasteiger partial charge in [-0.05, 0) is 36.4 Å². The maximum absolute atomic E-state index is 5.40. The number of thioether (sulfide) groups is 1. The molecule has 0 aromatic heterocycles. The molecule has 1 aromatic rings. The van der Waals surface area contributed by atoms with Crippen LogP contribution in [-0.2, 0) is 6.54 Å². The van der Waals surface area contributed by atoms with E-state index in [1.54, 1.807) is 14.2 Å². The van der Waals surface area contributed by atoms with Crippen LogP contribution in [0.4, 0.5) is 0 Å². The number of hydrogen-bond acceptors (Lipinski definition) is 4. The Morgan fingerprint density at radius 2 is 1.91 bits per heavy atom. The highest BCUT2D eigenvalue weighted by Gasteiger charge is 2.13. The van der Waals surface area contributed by atoms with E-state index in [0.29, 0.717) is 5.25 Å². The molecule has 0 saturated heterocycles. The Morgan fingerprint density at radius 1 is 1.30 bits per heavy atom. The molecule has 0 saturated carbocycles. The molecule has 23 heavy (non-hydrogen) atoms. The van der Waals surface area contributed by atoms with Crippen molar-refractivity contribution < 1.29 is 9.47 Å². The van der Waals surface area contributed by atoms with E-state index in [-0.39, 0.29) is 0 Å². The summed E-state index contributed by atoms with van der Waals surface area (Å²) in [6, 6.07) is 4.04. The second kappa shape index (κ2) is 9.55. The highest BCUT2D eigenvalue weighted by molar-refractivity contribution is 7.99. The number of methoxy groups -OCH3 is 2. The Kier molecular flexibility index (Phi) is 8.09. The van der Waals surface area contributed by atoms with Gasteiger partial charge >= 0.3 is 0 Å². The zero-order valence-corrected chi connectivity index (χ0v) is 16.1. The van der Waals surface area contributed by atoms with Crippen molar-refractivity contribution in [1.82, 2.24) is 10.2 Å². The number of aliphatic imine (C=N–C) groups is 1. The first-order valence-electron chi connectivity index (χ1n) is 7.62. The van der Waals surface area contributed by atoms with Gasteiger partial charge in [0.15, 0.2) is 17.5 Å². The quantitative estimate of drug-likeness (QED) is 0.611. The van der Waals surface area contributed by atoms with Crippen molar-refractivity contribution in [3.63, 3.8) is 0 Å². The lowest BCUT2D eigenvalue weighted by Crippen LogP contribution is -2.40. The van der Waals surface area contributed by atoms with Crippen molar-refractivity contribution in [1.29, 1.82) is 0 Å². The summed E-state index contributed by atoms with van der Waals surface area (Å²) in [5, 5.41) is 3.95. The van der Waals surface area contributed by atoms with Crippen molar-refractivity contribution in [3.05, 3.63) is 23.3 Å². The minimum atomic E-state index is 0.544. The van der Waals surface area contributed by atoms with Crippen LogP contribution < -0.4 is 14.8 Å².